The van der Waals surface area contributed by atoms with Crippen LogP contribution in [0.2, 0.25) is 5.02 Å². The molecule has 3 aromatic rings. The van der Waals surface area contributed by atoms with Gasteiger partial charge in [0.2, 0.25) is 17.6 Å². The van der Waals surface area contributed by atoms with Crippen LogP contribution in [-0.4, -0.2) is 70.1 Å². The lowest BCUT2D eigenvalue weighted by Gasteiger charge is -2.40. The normalized spacial score (nSPS) is 23.6. The Morgan fingerprint density at radius 2 is 2.02 bits per heavy atom. The molecule has 0 radical (unpaired) electrons. The molecule has 3 atom stereocenters. The molecule has 0 aliphatic carbocycles. The number of benzene rings is 1. The van der Waals surface area contributed by atoms with Crippen molar-refractivity contribution in [2.75, 3.05) is 48.3 Å². The minimum Gasteiger partial charge on any atom is -0.480 e. The van der Waals surface area contributed by atoms with Gasteiger partial charge in [0, 0.05) is 44.3 Å². The Balaban J connectivity index is 1.31. The van der Waals surface area contributed by atoms with Crippen molar-refractivity contribution < 1.29 is 18.3 Å². The fraction of sp³-hybridized carbons (Fsp3) is 0.500. The Labute approximate surface area is 240 Å². The van der Waals surface area contributed by atoms with Crippen LogP contribution in [0, 0.1) is 11.8 Å². The molecule has 0 saturated carbocycles. The quantitative estimate of drug-likeness (QED) is 0.467. The van der Waals surface area contributed by atoms with Crippen LogP contribution in [0.5, 0.6) is 5.75 Å². The predicted molar refractivity (Wildman–Crippen MR) is 154 cm³/mol. The first-order chi connectivity index (χ1) is 19.5. The number of carbonyl (C=O) groups excluding carboxylic acids is 1. The number of aryl methyl sites for hydroxylation is 1. The van der Waals surface area contributed by atoms with E-state index >= 15 is 0 Å². The highest BCUT2D eigenvalue weighted by molar-refractivity contribution is 6.33. The van der Waals surface area contributed by atoms with Crippen LogP contribution < -0.4 is 25.8 Å². The lowest BCUT2D eigenvalue weighted by atomic mass is 9.89. The molecule has 0 spiro atoms. The Hall–Kier alpha value is -3.67. The standard InChI is InChI=1S/C28H32ClF2N7O3/c1-15-9-17(25(39)37-7-4-8-37)13-38(12-15)27-32-11-20(29)24(35-27)34-18-5-6-21-19(10-18)22-23(26(40)36(21)3)41-14-28(30,31)16(2)33-22/h5-6,10-11,15-17,33H,4,7-9,12-14H2,1-3H3,(H,32,34,35)/t15?,16-,17?/m0/s1. The molecule has 1 amide bonds. The topological polar surface area (TPSA) is 105 Å². The molecule has 218 valence electrons. The van der Waals surface area contributed by atoms with Crippen LogP contribution in [0.1, 0.15) is 26.7 Å². The van der Waals surface area contributed by atoms with Gasteiger partial charge in [-0.2, -0.15) is 4.98 Å². The predicted octanol–water partition coefficient (Wildman–Crippen LogP) is 4.25. The van der Waals surface area contributed by atoms with E-state index in [0.717, 1.165) is 32.5 Å². The van der Waals surface area contributed by atoms with Crippen molar-refractivity contribution in [3.63, 3.8) is 0 Å². The number of hydrogen-bond acceptors (Lipinski definition) is 8. The van der Waals surface area contributed by atoms with Gasteiger partial charge in [0.1, 0.15) is 5.02 Å². The summed E-state index contributed by atoms with van der Waals surface area (Å²) in [6, 6.07) is 3.97. The van der Waals surface area contributed by atoms with E-state index in [2.05, 4.69) is 22.5 Å². The molecule has 2 aromatic heterocycles. The largest absolute Gasteiger partial charge is 0.480 e. The zero-order valence-corrected chi connectivity index (χ0v) is 23.8. The number of carbonyl (C=O) groups is 1. The lowest BCUT2D eigenvalue weighted by Crippen LogP contribution is -2.51. The van der Waals surface area contributed by atoms with E-state index in [1.54, 1.807) is 25.2 Å². The number of anilines is 4. The van der Waals surface area contributed by atoms with Crippen molar-refractivity contribution in [3.8, 4) is 5.75 Å². The molecule has 10 nitrogen and oxygen atoms in total. The van der Waals surface area contributed by atoms with Crippen LogP contribution in [0.3, 0.4) is 0 Å². The van der Waals surface area contributed by atoms with Gasteiger partial charge in [-0.15, -0.1) is 0 Å². The van der Waals surface area contributed by atoms with Crippen LogP contribution in [0.25, 0.3) is 10.9 Å². The molecule has 3 aliphatic rings. The van der Waals surface area contributed by atoms with E-state index < -0.39 is 24.1 Å². The van der Waals surface area contributed by atoms with Gasteiger partial charge in [0.15, 0.2) is 12.4 Å². The third-order valence-electron chi connectivity index (χ3n) is 8.21. The summed E-state index contributed by atoms with van der Waals surface area (Å²) in [4.78, 5) is 39.0. The van der Waals surface area contributed by atoms with Gasteiger partial charge in [-0.1, -0.05) is 18.5 Å². The van der Waals surface area contributed by atoms with E-state index in [1.165, 1.54) is 17.7 Å². The first kappa shape index (κ1) is 27.5. The fourth-order valence-electron chi connectivity index (χ4n) is 5.71. The van der Waals surface area contributed by atoms with Crippen molar-refractivity contribution in [3.05, 3.63) is 39.8 Å². The summed E-state index contributed by atoms with van der Waals surface area (Å²) in [6.45, 7) is 5.47. The Morgan fingerprint density at radius 3 is 2.76 bits per heavy atom. The van der Waals surface area contributed by atoms with Gasteiger partial charge in [0.25, 0.3) is 5.56 Å². The molecule has 41 heavy (non-hydrogen) atoms. The first-order valence-corrected chi connectivity index (χ1v) is 14.2. The average Bonchev–Trinajstić information content (AvgIpc) is 3.02. The fourth-order valence-corrected chi connectivity index (χ4v) is 5.85. The molecule has 3 aliphatic heterocycles. The van der Waals surface area contributed by atoms with Crippen molar-refractivity contribution >= 4 is 51.6 Å². The molecule has 2 fully saturated rings. The van der Waals surface area contributed by atoms with Gasteiger partial charge >= 0.3 is 5.92 Å². The molecule has 6 rings (SSSR count). The number of rotatable bonds is 4. The number of amides is 1. The maximum absolute atomic E-state index is 14.4. The zero-order valence-electron chi connectivity index (χ0n) is 23.1. The summed E-state index contributed by atoms with van der Waals surface area (Å²) in [5.41, 5.74) is 0.831. The number of alkyl halides is 2. The Kier molecular flexibility index (Phi) is 6.91. The van der Waals surface area contributed by atoms with E-state index in [0.29, 0.717) is 45.8 Å². The molecule has 1 aromatic carbocycles. The van der Waals surface area contributed by atoms with Crippen molar-refractivity contribution in [2.24, 2.45) is 18.9 Å². The maximum Gasteiger partial charge on any atom is 0.300 e. The summed E-state index contributed by atoms with van der Waals surface area (Å²) < 4.78 is 35.6. The molecule has 2 saturated heterocycles. The molecular weight excluding hydrogens is 556 g/mol. The summed E-state index contributed by atoms with van der Waals surface area (Å²) in [6.07, 6.45) is 3.40. The van der Waals surface area contributed by atoms with Gasteiger partial charge < -0.3 is 29.7 Å². The molecular formula is C28H32ClF2N7O3. The second kappa shape index (κ2) is 10.3. The first-order valence-electron chi connectivity index (χ1n) is 13.8. The van der Waals surface area contributed by atoms with E-state index in [4.69, 9.17) is 21.3 Å². The van der Waals surface area contributed by atoms with E-state index in [-0.39, 0.29) is 23.3 Å². The summed E-state index contributed by atoms with van der Waals surface area (Å²) >= 11 is 6.48. The summed E-state index contributed by atoms with van der Waals surface area (Å²) in [5, 5.41) is 6.85. The van der Waals surface area contributed by atoms with E-state index in [1.807, 2.05) is 9.80 Å². The maximum atomic E-state index is 14.4. The summed E-state index contributed by atoms with van der Waals surface area (Å²) in [5.74, 6) is -2.11. The van der Waals surface area contributed by atoms with Gasteiger partial charge in [-0.25, -0.2) is 13.8 Å². The zero-order chi connectivity index (χ0) is 29.1. The molecule has 0 bridgehead atoms. The number of aromatic nitrogens is 3. The van der Waals surface area contributed by atoms with Crippen LogP contribution in [-0.2, 0) is 11.8 Å². The van der Waals surface area contributed by atoms with Gasteiger partial charge in [0.05, 0.1) is 29.4 Å². The van der Waals surface area contributed by atoms with E-state index in [9.17, 15) is 18.4 Å². The highest BCUT2D eigenvalue weighted by atomic mass is 35.5. The third kappa shape index (κ3) is 5.02. The van der Waals surface area contributed by atoms with Gasteiger partial charge in [-0.05, 0) is 43.9 Å². The molecule has 2 N–H and O–H groups in total. The molecule has 2 unspecified atom stereocenters. The second-order valence-electron chi connectivity index (χ2n) is 11.3. The Morgan fingerprint density at radius 1 is 1.24 bits per heavy atom. The number of piperidine rings is 1. The summed E-state index contributed by atoms with van der Waals surface area (Å²) in [7, 11) is 1.57. The van der Waals surface area contributed by atoms with Crippen LogP contribution in [0.4, 0.5) is 31.9 Å². The van der Waals surface area contributed by atoms with Crippen LogP contribution >= 0.6 is 11.6 Å². The Bertz CT molecular complexity index is 1580. The highest BCUT2D eigenvalue weighted by Crippen LogP contribution is 2.38. The molecule has 5 heterocycles. The number of nitrogens with one attached hydrogen (secondary N) is 2. The molecule has 13 heteroatoms. The van der Waals surface area contributed by atoms with Gasteiger partial charge in [-0.3, -0.25) is 9.59 Å². The minimum atomic E-state index is -3.16. The van der Waals surface area contributed by atoms with Crippen molar-refractivity contribution in [1.82, 2.24) is 19.4 Å². The second-order valence-corrected chi connectivity index (χ2v) is 11.7. The van der Waals surface area contributed by atoms with Crippen molar-refractivity contribution in [2.45, 2.75) is 38.7 Å². The number of pyridine rings is 1. The number of ether oxygens (including phenoxy) is 1. The number of fused-ring (bicyclic) bond motifs is 3. The van der Waals surface area contributed by atoms with Crippen molar-refractivity contribution in [1.29, 1.82) is 0 Å². The minimum absolute atomic E-state index is 0.110. The average molecular weight is 588 g/mol. The lowest BCUT2D eigenvalue weighted by molar-refractivity contribution is -0.139. The highest BCUT2D eigenvalue weighted by Gasteiger charge is 2.41. The monoisotopic (exact) mass is 587 g/mol. The number of hydrogen-bond donors (Lipinski definition) is 2. The smallest absolute Gasteiger partial charge is 0.300 e. The third-order valence-corrected chi connectivity index (χ3v) is 8.49. The number of likely N-dealkylation sites (tertiary alicyclic amines) is 1. The SMILES string of the molecule is CC1CC(C(=O)N2CCC2)CN(c2ncc(Cl)c(Nc3ccc4c(c3)c3c(c(=O)n4C)OCC(F)(F)[C@H](C)N3)n2)C1. The van der Waals surface area contributed by atoms with Crippen LogP contribution in [0.15, 0.2) is 29.2 Å². The number of halogens is 3. The number of nitrogens with zero attached hydrogens (tertiary/aromatic N) is 5.